The summed E-state index contributed by atoms with van der Waals surface area (Å²) in [5.41, 5.74) is 13.0. The Kier molecular flexibility index (Phi) is 1.65. The molecule has 0 fully saturated rings. The molecule has 0 amide bonds. The van der Waals surface area contributed by atoms with E-state index in [4.69, 9.17) is 11.5 Å². The van der Waals surface area contributed by atoms with Crippen LogP contribution in [0.5, 0.6) is 0 Å². The van der Waals surface area contributed by atoms with Crippen molar-refractivity contribution in [2.24, 2.45) is 17.4 Å². The zero-order valence-corrected chi connectivity index (χ0v) is 5.85. The topological polar surface area (TPSA) is 52.0 Å². The van der Waals surface area contributed by atoms with Crippen LogP contribution in [0.25, 0.3) is 0 Å². The van der Waals surface area contributed by atoms with Crippen LogP contribution in [0.1, 0.15) is 26.2 Å². The molecule has 9 heavy (non-hydrogen) atoms. The second kappa shape index (κ2) is 2.29. The first-order valence-electron chi connectivity index (χ1n) is 3.43. The van der Waals surface area contributed by atoms with Gasteiger partial charge >= 0.3 is 0 Å². The Balaban J connectivity index is 2.61. The number of hydrogen-bond acceptors (Lipinski definition) is 2. The number of rotatable bonds is 0. The van der Waals surface area contributed by atoms with E-state index in [0.29, 0.717) is 0 Å². The minimum absolute atomic E-state index is 0.734. The molecule has 0 aromatic carbocycles. The first-order valence-corrected chi connectivity index (χ1v) is 3.43. The largest absolute Gasteiger partial charge is 0.401 e. The van der Waals surface area contributed by atoms with Crippen molar-refractivity contribution in [1.82, 2.24) is 0 Å². The summed E-state index contributed by atoms with van der Waals surface area (Å²) < 4.78 is 0. The molecule has 1 aliphatic carbocycles. The third kappa shape index (κ3) is 1.37. The smallest absolute Gasteiger partial charge is 0.0274 e. The maximum atomic E-state index is 5.62. The van der Waals surface area contributed by atoms with E-state index in [9.17, 15) is 0 Å². The minimum atomic E-state index is 0.734. The van der Waals surface area contributed by atoms with Crippen molar-refractivity contribution in [3.8, 4) is 0 Å². The fourth-order valence-corrected chi connectivity index (χ4v) is 1.17. The van der Waals surface area contributed by atoms with E-state index in [-0.39, 0.29) is 0 Å². The molecule has 1 rings (SSSR count). The van der Waals surface area contributed by atoms with Crippen LogP contribution in [0, 0.1) is 5.92 Å². The minimum Gasteiger partial charge on any atom is -0.401 e. The molecule has 0 aliphatic heterocycles. The van der Waals surface area contributed by atoms with Crippen LogP contribution in [-0.2, 0) is 0 Å². The summed E-state index contributed by atoms with van der Waals surface area (Å²) in [4.78, 5) is 0. The average molecular weight is 126 g/mol. The third-order valence-electron chi connectivity index (χ3n) is 1.89. The maximum Gasteiger partial charge on any atom is 0.0274 e. The van der Waals surface area contributed by atoms with Crippen molar-refractivity contribution in [1.29, 1.82) is 0 Å². The van der Waals surface area contributed by atoms with Crippen LogP contribution < -0.4 is 11.5 Å². The molecule has 2 nitrogen and oxygen atoms in total. The standard InChI is InChI=1S/C7H14N2/c1-5-2-3-6(8)7(9)4-5/h5H,2-4,8-9H2,1H3. The van der Waals surface area contributed by atoms with Gasteiger partial charge in [-0.15, -0.1) is 0 Å². The molecule has 0 saturated heterocycles. The van der Waals surface area contributed by atoms with Crippen LogP contribution in [0.4, 0.5) is 0 Å². The molecule has 0 heterocycles. The summed E-state index contributed by atoms with van der Waals surface area (Å²) in [6.45, 7) is 2.21. The lowest BCUT2D eigenvalue weighted by molar-refractivity contribution is 0.490. The summed E-state index contributed by atoms with van der Waals surface area (Å²) in [5, 5.41) is 0. The highest BCUT2D eigenvalue weighted by atomic mass is 14.7. The fourth-order valence-electron chi connectivity index (χ4n) is 1.17. The van der Waals surface area contributed by atoms with Gasteiger partial charge in [-0.1, -0.05) is 6.92 Å². The normalized spacial score (nSPS) is 28.8. The lowest BCUT2D eigenvalue weighted by Crippen LogP contribution is -2.17. The Bertz CT molecular complexity index is 138. The number of allylic oxidation sites excluding steroid dienone is 2. The van der Waals surface area contributed by atoms with E-state index in [0.717, 1.165) is 30.2 Å². The van der Waals surface area contributed by atoms with Gasteiger partial charge in [-0.05, 0) is 25.2 Å². The molecule has 1 aliphatic rings. The van der Waals surface area contributed by atoms with Crippen LogP contribution in [0.3, 0.4) is 0 Å². The Morgan fingerprint density at radius 1 is 1.33 bits per heavy atom. The molecule has 52 valence electrons. The second-order valence-corrected chi connectivity index (χ2v) is 2.90. The summed E-state index contributed by atoms with van der Waals surface area (Å²) >= 11 is 0. The Morgan fingerprint density at radius 3 is 2.44 bits per heavy atom. The first kappa shape index (κ1) is 6.46. The van der Waals surface area contributed by atoms with Gasteiger partial charge in [-0.25, -0.2) is 0 Å². The Morgan fingerprint density at radius 2 is 2.00 bits per heavy atom. The van der Waals surface area contributed by atoms with Crippen molar-refractivity contribution in [3.63, 3.8) is 0 Å². The molecule has 0 radical (unpaired) electrons. The fraction of sp³-hybridized carbons (Fsp3) is 0.714. The molecule has 1 unspecified atom stereocenters. The van der Waals surface area contributed by atoms with Crippen molar-refractivity contribution in [2.75, 3.05) is 0 Å². The van der Waals surface area contributed by atoms with Crippen LogP contribution >= 0.6 is 0 Å². The Hall–Kier alpha value is -0.660. The molecular weight excluding hydrogens is 112 g/mol. The zero-order valence-electron chi connectivity index (χ0n) is 5.85. The summed E-state index contributed by atoms with van der Waals surface area (Å²) in [7, 11) is 0. The molecular formula is C7H14N2. The lowest BCUT2D eigenvalue weighted by atomic mass is 9.92. The van der Waals surface area contributed by atoms with Crippen molar-refractivity contribution in [3.05, 3.63) is 11.4 Å². The lowest BCUT2D eigenvalue weighted by Gasteiger charge is -2.19. The SMILES string of the molecule is CC1CCC(N)=C(N)C1. The highest BCUT2D eigenvalue weighted by Crippen LogP contribution is 2.22. The van der Waals surface area contributed by atoms with Gasteiger partial charge < -0.3 is 11.5 Å². The monoisotopic (exact) mass is 126 g/mol. The van der Waals surface area contributed by atoms with Gasteiger partial charge in [0.1, 0.15) is 0 Å². The van der Waals surface area contributed by atoms with Crippen LogP contribution in [-0.4, -0.2) is 0 Å². The molecule has 1 atom stereocenters. The number of hydrogen-bond donors (Lipinski definition) is 2. The number of nitrogens with two attached hydrogens (primary N) is 2. The molecule has 2 heteroatoms. The summed E-state index contributed by atoms with van der Waals surface area (Å²) in [5.74, 6) is 0.734. The average Bonchev–Trinajstić information content (AvgIpc) is 1.80. The van der Waals surface area contributed by atoms with Gasteiger partial charge in [0, 0.05) is 11.4 Å². The maximum absolute atomic E-state index is 5.62. The van der Waals surface area contributed by atoms with E-state index in [1.807, 2.05) is 0 Å². The van der Waals surface area contributed by atoms with Gasteiger partial charge in [0.05, 0.1) is 0 Å². The molecule has 0 bridgehead atoms. The van der Waals surface area contributed by atoms with E-state index in [1.165, 1.54) is 6.42 Å². The predicted molar refractivity (Wildman–Crippen MR) is 38.4 cm³/mol. The molecule has 0 saturated carbocycles. The first-order chi connectivity index (χ1) is 4.20. The molecule has 0 aromatic heterocycles. The van der Waals surface area contributed by atoms with Crippen molar-refractivity contribution < 1.29 is 0 Å². The van der Waals surface area contributed by atoms with E-state index < -0.39 is 0 Å². The van der Waals surface area contributed by atoms with E-state index in [2.05, 4.69) is 6.92 Å². The highest BCUT2D eigenvalue weighted by molar-refractivity contribution is 5.10. The second-order valence-electron chi connectivity index (χ2n) is 2.90. The third-order valence-corrected chi connectivity index (χ3v) is 1.89. The van der Waals surface area contributed by atoms with Gasteiger partial charge in [0.25, 0.3) is 0 Å². The van der Waals surface area contributed by atoms with Gasteiger partial charge in [-0.2, -0.15) is 0 Å². The van der Waals surface area contributed by atoms with Gasteiger partial charge in [-0.3, -0.25) is 0 Å². The highest BCUT2D eigenvalue weighted by Gasteiger charge is 2.12. The van der Waals surface area contributed by atoms with Gasteiger partial charge in [0.2, 0.25) is 0 Å². The Labute approximate surface area is 55.9 Å². The molecule has 0 spiro atoms. The zero-order chi connectivity index (χ0) is 6.85. The summed E-state index contributed by atoms with van der Waals surface area (Å²) in [6.07, 6.45) is 3.19. The van der Waals surface area contributed by atoms with Crippen molar-refractivity contribution >= 4 is 0 Å². The molecule has 0 aromatic rings. The van der Waals surface area contributed by atoms with Gasteiger partial charge in [0.15, 0.2) is 0 Å². The summed E-state index contributed by atoms with van der Waals surface area (Å²) in [6, 6.07) is 0. The van der Waals surface area contributed by atoms with E-state index >= 15 is 0 Å². The van der Waals surface area contributed by atoms with Crippen LogP contribution in [0.15, 0.2) is 11.4 Å². The quantitative estimate of drug-likeness (QED) is 0.507. The molecule has 4 N–H and O–H groups in total. The van der Waals surface area contributed by atoms with E-state index in [1.54, 1.807) is 0 Å². The predicted octanol–water partition coefficient (Wildman–Crippen LogP) is 0.935. The van der Waals surface area contributed by atoms with Crippen molar-refractivity contribution in [2.45, 2.75) is 26.2 Å². The van der Waals surface area contributed by atoms with Crippen LogP contribution in [0.2, 0.25) is 0 Å².